The molecule has 0 fully saturated rings. The highest BCUT2D eigenvalue weighted by Gasteiger charge is 2.14. The standard InChI is InChI=1S/C17H20ClN3O/c1-21(2)15(10-13-6-4-3-5-7-13)12-20-17(22)14-8-9-19-16(18)11-14/h3-9,11,15H,10,12H2,1-2H3,(H,20,22). The lowest BCUT2D eigenvalue weighted by atomic mass is 10.1. The second-order valence-electron chi connectivity index (χ2n) is 5.38. The van der Waals surface area contributed by atoms with Crippen LogP contribution in [0.2, 0.25) is 5.15 Å². The first-order valence-electron chi connectivity index (χ1n) is 7.16. The molecule has 2 aromatic rings. The summed E-state index contributed by atoms with van der Waals surface area (Å²) in [5, 5.41) is 3.28. The topological polar surface area (TPSA) is 45.2 Å². The fraction of sp³-hybridized carbons (Fsp3) is 0.294. The molecule has 5 heteroatoms. The Morgan fingerprint density at radius 1 is 1.27 bits per heavy atom. The van der Waals surface area contributed by atoms with Crippen LogP contribution in [-0.2, 0) is 6.42 Å². The molecule has 0 saturated heterocycles. The van der Waals surface area contributed by atoms with E-state index in [1.807, 2.05) is 32.3 Å². The average molecular weight is 318 g/mol. The molecule has 116 valence electrons. The highest BCUT2D eigenvalue weighted by molar-refractivity contribution is 6.29. The van der Waals surface area contributed by atoms with E-state index in [0.717, 1.165) is 6.42 Å². The Balaban J connectivity index is 1.96. The summed E-state index contributed by atoms with van der Waals surface area (Å²) in [6.07, 6.45) is 2.41. The Kier molecular flexibility index (Phi) is 5.92. The first-order chi connectivity index (χ1) is 10.6. The van der Waals surface area contributed by atoms with Crippen molar-refractivity contribution in [2.45, 2.75) is 12.5 Å². The normalized spacial score (nSPS) is 12.2. The molecule has 4 nitrogen and oxygen atoms in total. The van der Waals surface area contributed by atoms with Gasteiger partial charge in [-0.2, -0.15) is 0 Å². The van der Waals surface area contributed by atoms with Crippen LogP contribution in [0, 0.1) is 0 Å². The second-order valence-corrected chi connectivity index (χ2v) is 5.77. The summed E-state index contributed by atoms with van der Waals surface area (Å²) in [7, 11) is 4.03. The van der Waals surface area contributed by atoms with Gasteiger partial charge in [-0.05, 0) is 38.2 Å². The molecule has 0 aliphatic rings. The molecule has 0 radical (unpaired) electrons. The lowest BCUT2D eigenvalue weighted by Crippen LogP contribution is -2.41. The Hall–Kier alpha value is -1.91. The fourth-order valence-electron chi connectivity index (χ4n) is 2.18. The number of rotatable bonds is 6. The van der Waals surface area contributed by atoms with Gasteiger partial charge in [0.1, 0.15) is 5.15 Å². The molecule has 0 aliphatic carbocycles. The van der Waals surface area contributed by atoms with E-state index in [0.29, 0.717) is 17.3 Å². The minimum Gasteiger partial charge on any atom is -0.350 e. The van der Waals surface area contributed by atoms with Gasteiger partial charge in [0, 0.05) is 24.3 Å². The van der Waals surface area contributed by atoms with Crippen molar-refractivity contribution in [2.24, 2.45) is 0 Å². The third kappa shape index (κ3) is 4.83. The van der Waals surface area contributed by atoms with E-state index in [1.54, 1.807) is 12.1 Å². The molecule has 1 N–H and O–H groups in total. The van der Waals surface area contributed by atoms with Crippen LogP contribution in [0.5, 0.6) is 0 Å². The highest BCUT2D eigenvalue weighted by Crippen LogP contribution is 2.08. The zero-order valence-corrected chi connectivity index (χ0v) is 13.5. The summed E-state index contributed by atoms with van der Waals surface area (Å²) in [5.74, 6) is -0.135. The Labute approximate surface area is 136 Å². The van der Waals surface area contributed by atoms with Crippen molar-refractivity contribution >= 4 is 17.5 Å². The summed E-state index contributed by atoms with van der Waals surface area (Å²) in [5.41, 5.74) is 1.78. The van der Waals surface area contributed by atoms with Crippen molar-refractivity contribution < 1.29 is 4.79 Å². The van der Waals surface area contributed by atoms with Crippen LogP contribution < -0.4 is 5.32 Å². The first-order valence-corrected chi connectivity index (χ1v) is 7.54. The quantitative estimate of drug-likeness (QED) is 0.833. The maximum Gasteiger partial charge on any atom is 0.251 e. The van der Waals surface area contributed by atoms with Gasteiger partial charge in [-0.15, -0.1) is 0 Å². The van der Waals surface area contributed by atoms with Gasteiger partial charge in [-0.1, -0.05) is 41.9 Å². The number of carbonyl (C=O) groups is 1. The summed E-state index contributed by atoms with van der Waals surface area (Å²) in [6.45, 7) is 0.570. The molecule has 2 rings (SSSR count). The largest absolute Gasteiger partial charge is 0.350 e. The van der Waals surface area contributed by atoms with Crippen LogP contribution in [0.25, 0.3) is 0 Å². The van der Waals surface area contributed by atoms with Crippen molar-refractivity contribution in [1.29, 1.82) is 0 Å². The molecule has 1 atom stereocenters. The minimum absolute atomic E-state index is 0.135. The maximum absolute atomic E-state index is 12.2. The van der Waals surface area contributed by atoms with Crippen molar-refractivity contribution in [1.82, 2.24) is 15.2 Å². The Morgan fingerprint density at radius 3 is 2.64 bits per heavy atom. The number of hydrogen-bond acceptors (Lipinski definition) is 3. The molecule has 22 heavy (non-hydrogen) atoms. The number of nitrogens with one attached hydrogen (secondary N) is 1. The van der Waals surface area contributed by atoms with Gasteiger partial charge in [0.2, 0.25) is 0 Å². The Morgan fingerprint density at radius 2 is 2.00 bits per heavy atom. The molecule has 0 spiro atoms. The third-order valence-corrected chi connectivity index (χ3v) is 3.74. The summed E-state index contributed by atoms with van der Waals surface area (Å²) < 4.78 is 0. The predicted molar refractivity (Wildman–Crippen MR) is 89.2 cm³/mol. The van der Waals surface area contributed by atoms with Gasteiger partial charge in [0.05, 0.1) is 0 Å². The highest BCUT2D eigenvalue weighted by atomic mass is 35.5. The van der Waals surface area contributed by atoms with Crippen molar-refractivity contribution in [2.75, 3.05) is 20.6 Å². The SMILES string of the molecule is CN(C)C(CNC(=O)c1ccnc(Cl)c1)Cc1ccccc1. The fourth-order valence-corrected chi connectivity index (χ4v) is 2.35. The maximum atomic E-state index is 12.2. The molecule has 1 aromatic carbocycles. The molecule has 0 bridgehead atoms. The molecular formula is C17H20ClN3O. The molecule has 1 unspecified atom stereocenters. The van der Waals surface area contributed by atoms with E-state index < -0.39 is 0 Å². The summed E-state index contributed by atoms with van der Waals surface area (Å²) in [6, 6.07) is 13.7. The molecule has 1 heterocycles. The number of halogens is 1. The van der Waals surface area contributed by atoms with Gasteiger partial charge in [0.25, 0.3) is 5.91 Å². The zero-order valence-electron chi connectivity index (χ0n) is 12.8. The number of nitrogens with zero attached hydrogens (tertiary/aromatic N) is 2. The third-order valence-electron chi connectivity index (χ3n) is 3.53. The first kappa shape index (κ1) is 16.5. The van der Waals surface area contributed by atoms with Gasteiger partial charge in [0.15, 0.2) is 0 Å². The lowest BCUT2D eigenvalue weighted by Gasteiger charge is -2.24. The van der Waals surface area contributed by atoms with Gasteiger partial charge < -0.3 is 10.2 Å². The molecule has 1 aromatic heterocycles. The molecule has 1 amide bonds. The summed E-state index contributed by atoms with van der Waals surface area (Å²) >= 11 is 5.81. The number of benzene rings is 1. The molecular weight excluding hydrogens is 298 g/mol. The van der Waals surface area contributed by atoms with Crippen molar-refractivity contribution in [3.63, 3.8) is 0 Å². The van der Waals surface area contributed by atoms with Crippen molar-refractivity contribution in [3.05, 3.63) is 64.9 Å². The van der Waals surface area contributed by atoms with Crippen LogP contribution in [-0.4, -0.2) is 42.5 Å². The van der Waals surface area contributed by atoms with E-state index in [1.165, 1.54) is 11.8 Å². The van der Waals surface area contributed by atoms with E-state index in [2.05, 4.69) is 27.3 Å². The minimum atomic E-state index is -0.135. The molecule has 0 saturated carbocycles. The number of amides is 1. The number of carbonyl (C=O) groups excluding carboxylic acids is 1. The average Bonchev–Trinajstić information content (AvgIpc) is 2.51. The summed E-state index contributed by atoms with van der Waals surface area (Å²) in [4.78, 5) is 18.2. The zero-order chi connectivity index (χ0) is 15.9. The van der Waals surface area contributed by atoms with Gasteiger partial charge in [-0.25, -0.2) is 4.98 Å². The van der Waals surface area contributed by atoms with E-state index in [4.69, 9.17) is 11.6 Å². The van der Waals surface area contributed by atoms with Crippen molar-refractivity contribution in [3.8, 4) is 0 Å². The number of aromatic nitrogens is 1. The van der Waals surface area contributed by atoms with Crippen LogP contribution in [0.1, 0.15) is 15.9 Å². The van der Waals surface area contributed by atoms with Crippen LogP contribution in [0.3, 0.4) is 0 Å². The van der Waals surface area contributed by atoms with E-state index in [-0.39, 0.29) is 11.9 Å². The smallest absolute Gasteiger partial charge is 0.251 e. The van der Waals surface area contributed by atoms with Crippen LogP contribution in [0.15, 0.2) is 48.7 Å². The predicted octanol–water partition coefficient (Wildman–Crippen LogP) is 2.64. The number of hydrogen-bond donors (Lipinski definition) is 1. The Bertz CT molecular complexity index is 616. The lowest BCUT2D eigenvalue weighted by molar-refractivity contribution is 0.0941. The monoisotopic (exact) mass is 317 g/mol. The number of pyridine rings is 1. The van der Waals surface area contributed by atoms with Gasteiger partial charge >= 0.3 is 0 Å². The second kappa shape index (κ2) is 7.92. The van der Waals surface area contributed by atoms with E-state index >= 15 is 0 Å². The van der Waals surface area contributed by atoms with Crippen LogP contribution >= 0.6 is 11.6 Å². The van der Waals surface area contributed by atoms with E-state index in [9.17, 15) is 4.79 Å². The van der Waals surface area contributed by atoms with Crippen LogP contribution in [0.4, 0.5) is 0 Å². The molecule has 0 aliphatic heterocycles. The number of likely N-dealkylation sites (N-methyl/N-ethyl adjacent to an activating group) is 1. The van der Waals surface area contributed by atoms with Gasteiger partial charge in [-0.3, -0.25) is 4.79 Å².